The summed E-state index contributed by atoms with van der Waals surface area (Å²) in [4.78, 5) is 16.4. The minimum absolute atomic E-state index is 0.110. The van der Waals surface area contributed by atoms with Crippen LogP contribution in [0.15, 0.2) is 52.3 Å². The van der Waals surface area contributed by atoms with Crippen LogP contribution in [-0.4, -0.2) is 44.5 Å². The van der Waals surface area contributed by atoms with Crippen LogP contribution in [0, 0.1) is 13.8 Å². The van der Waals surface area contributed by atoms with Gasteiger partial charge in [0.05, 0.1) is 18.5 Å². The van der Waals surface area contributed by atoms with Crippen LogP contribution in [0.1, 0.15) is 11.1 Å². The zero-order valence-corrected chi connectivity index (χ0v) is 16.7. The van der Waals surface area contributed by atoms with Gasteiger partial charge >= 0.3 is 0 Å². The average Bonchev–Trinajstić information content (AvgIpc) is 2.57. The molecule has 2 aromatic rings. The summed E-state index contributed by atoms with van der Waals surface area (Å²) in [6.45, 7) is 4.70. The molecular formula is C19H22N2O3S2. The normalized spacial score (nSPS) is 16.1. The largest absolute Gasteiger partial charge is 0.309 e. The van der Waals surface area contributed by atoms with Crippen molar-refractivity contribution >= 4 is 33.4 Å². The number of hydrogen-bond acceptors (Lipinski definition) is 4. The Morgan fingerprint density at radius 3 is 2.38 bits per heavy atom. The molecule has 26 heavy (non-hydrogen) atoms. The molecule has 0 N–H and O–H groups in total. The number of carbonyl (C=O) groups is 1. The average molecular weight is 391 g/mol. The van der Waals surface area contributed by atoms with Gasteiger partial charge in [-0.1, -0.05) is 41.6 Å². The molecule has 5 nitrogen and oxygen atoms in total. The summed E-state index contributed by atoms with van der Waals surface area (Å²) in [6.07, 6.45) is 1.14. The van der Waals surface area contributed by atoms with Crippen LogP contribution in [0.25, 0.3) is 0 Å². The molecule has 2 aromatic carbocycles. The van der Waals surface area contributed by atoms with Gasteiger partial charge in [-0.2, -0.15) is 4.31 Å². The van der Waals surface area contributed by atoms with Gasteiger partial charge in [0.1, 0.15) is 0 Å². The van der Waals surface area contributed by atoms with Crippen LogP contribution >= 0.6 is 11.8 Å². The van der Waals surface area contributed by atoms with E-state index in [-0.39, 0.29) is 12.5 Å². The van der Waals surface area contributed by atoms with Crippen molar-refractivity contribution in [2.24, 2.45) is 0 Å². The fourth-order valence-electron chi connectivity index (χ4n) is 2.99. The highest BCUT2D eigenvalue weighted by Gasteiger charge is 2.31. The maximum absolute atomic E-state index is 12.6. The van der Waals surface area contributed by atoms with Gasteiger partial charge in [0.2, 0.25) is 15.9 Å². The van der Waals surface area contributed by atoms with E-state index in [1.165, 1.54) is 15.4 Å². The Morgan fingerprint density at radius 2 is 1.73 bits per heavy atom. The molecular weight excluding hydrogens is 368 g/mol. The van der Waals surface area contributed by atoms with Crippen molar-refractivity contribution in [1.82, 2.24) is 4.31 Å². The Bertz CT molecular complexity index is 942. The molecule has 0 unspecified atom stereocenters. The number of piperazine rings is 1. The van der Waals surface area contributed by atoms with Crippen LogP contribution in [0.3, 0.4) is 0 Å². The van der Waals surface area contributed by atoms with Crippen molar-refractivity contribution in [3.05, 3.63) is 53.6 Å². The SMILES string of the molecule is Cc1ccc(Sc2ccccc2N2CCN(S(C)(=O)=O)CC2=O)c(C)c1. The van der Waals surface area contributed by atoms with Crippen molar-refractivity contribution in [3.63, 3.8) is 0 Å². The van der Waals surface area contributed by atoms with E-state index in [2.05, 4.69) is 32.0 Å². The molecule has 1 heterocycles. The van der Waals surface area contributed by atoms with Crippen LogP contribution in [-0.2, 0) is 14.8 Å². The summed E-state index contributed by atoms with van der Waals surface area (Å²) in [5.74, 6) is -0.199. The van der Waals surface area contributed by atoms with Crippen LogP contribution in [0.5, 0.6) is 0 Å². The molecule has 1 aliphatic heterocycles. The highest BCUT2D eigenvalue weighted by molar-refractivity contribution is 7.99. The molecule has 1 saturated heterocycles. The lowest BCUT2D eigenvalue weighted by Crippen LogP contribution is -2.52. The lowest BCUT2D eigenvalue weighted by atomic mass is 10.2. The number of rotatable bonds is 4. The number of benzene rings is 2. The smallest absolute Gasteiger partial charge is 0.242 e. The monoisotopic (exact) mass is 390 g/mol. The van der Waals surface area contributed by atoms with E-state index in [9.17, 15) is 13.2 Å². The van der Waals surface area contributed by atoms with Gasteiger partial charge in [0, 0.05) is 22.9 Å². The lowest BCUT2D eigenvalue weighted by molar-refractivity contribution is -0.120. The van der Waals surface area contributed by atoms with Crippen molar-refractivity contribution in [2.45, 2.75) is 23.6 Å². The van der Waals surface area contributed by atoms with Gasteiger partial charge in [-0.05, 0) is 37.6 Å². The highest BCUT2D eigenvalue weighted by atomic mass is 32.2. The molecule has 138 valence electrons. The zero-order chi connectivity index (χ0) is 18.9. The van der Waals surface area contributed by atoms with Gasteiger partial charge < -0.3 is 4.90 Å². The van der Waals surface area contributed by atoms with Gasteiger partial charge in [0.25, 0.3) is 0 Å². The standard InChI is InChI=1S/C19H22N2O3S2/c1-14-8-9-17(15(2)12-14)25-18-7-5-4-6-16(18)21-11-10-20(13-19(21)22)26(3,23)24/h4-9,12H,10-11,13H2,1-3H3. The molecule has 1 fully saturated rings. The van der Waals surface area contributed by atoms with Gasteiger partial charge in [0.15, 0.2) is 0 Å². The minimum Gasteiger partial charge on any atom is -0.309 e. The number of sulfonamides is 1. The maximum atomic E-state index is 12.6. The number of aryl methyl sites for hydroxylation is 2. The molecule has 0 bridgehead atoms. The molecule has 0 saturated carbocycles. The Morgan fingerprint density at radius 1 is 1.00 bits per heavy atom. The minimum atomic E-state index is -3.35. The summed E-state index contributed by atoms with van der Waals surface area (Å²) < 4.78 is 24.6. The first kappa shape index (κ1) is 18.9. The van der Waals surface area contributed by atoms with E-state index in [4.69, 9.17) is 0 Å². The van der Waals surface area contributed by atoms with E-state index in [0.717, 1.165) is 21.7 Å². The van der Waals surface area contributed by atoms with Crippen LogP contribution < -0.4 is 4.90 Å². The Hall–Kier alpha value is -1.83. The first-order valence-electron chi connectivity index (χ1n) is 8.35. The molecule has 1 aliphatic rings. The number of anilines is 1. The van der Waals surface area contributed by atoms with Gasteiger partial charge in [-0.15, -0.1) is 0 Å². The maximum Gasteiger partial charge on any atom is 0.242 e. The third-order valence-corrected chi connectivity index (χ3v) is 6.85. The Balaban J connectivity index is 1.87. The number of carbonyl (C=O) groups excluding carboxylic acids is 1. The molecule has 0 radical (unpaired) electrons. The molecule has 0 atom stereocenters. The molecule has 0 aromatic heterocycles. The summed E-state index contributed by atoms with van der Waals surface area (Å²) in [7, 11) is -3.35. The van der Waals surface area contributed by atoms with Gasteiger partial charge in [-0.3, -0.25) is 4.79 Å². The second kappa shape index (κ2) is 7.42. The van der Waals surface area contributed by atoms with Gasteiger partial charge in [-0.25, -0.2) is 8.42 Å². The molecule has 0 aliphatic carbocycles. The van der Waals surface area contributed by atoms with E-state index < -0.39 is 10.0 Å². The Kier molecular flexibility index (Phi) is 5.41. The van der Waals surface area contributed by atoms with E-state index >= 15 is 0 Å². The lowest BCUT2D eigenvalue weighted by Gasteiger charge is -2.33. The topological polar surface area (TPSA) is 57.7 Å². The van der Waals surface area contributed by atoms with E-state index in [1.54, 1.807) is 16.7 Å². The second-order valence-electron chi connectivity index (χ2n) is 6.48. The van der Waals surface area contributed by atoms with Crippen molar-refractivity contribution in [1.29, 1.82) is 0 Å². The molecule has 7 heteroatoms. The summed E-state index contributed by atoms with van der Waals surface area (Å²) in [5.41, 5.74) is 3.24. The Labute approximate surface area is 159 Å². The number of para-hydroxylation sites is 1. The quantitative estimate of drug-likeness (QED) is 0.805. The third-order valence-electron chi connectivity index (χ3n) is 4.36. The van der Waals surface area contributed by atoms with E-state index in [1.807, 2.05) is 24.3 Å². The van der Waals surface area contributed by atoms with Crippen molar-refractivity contribution in [2.75, 3.05) is 30.8 Å². The second-order valence-corrected chi connectivity index (χ2v) is 9.55. The predicted octanol–water partition coefficient (Wildman–Crippen LogP) is 3.06. The first-order chi connectivity index (χ1) is 12.3. The van der Waals surface area contributed by atoms with Crippen molar-refractivity contribution in [3.8, 4) is 0 Å². The summed E-state index contributed by atoms with van der Waals surface area (Å²) >= 11 is 1.63. The fraction of sp³-hybridized carbons (Fsp3) is 0.316. The summed E-state index contributed by atoms with van der Waals surface area (Å²) in [6, 6.07) is 14.1. The number of amides is 1. The molecule has 0 spiro atoms. The van der Waals surface area contributed by atoms with E-state index in [0.29, 0.717) is 13.1 Å². The first-order valence-corrected chi connectivity index (χ1v) is 11.0. The van der Waals surface area contributed by atoms with Crippen molar-refractivity contribution < 1.29 is 13.2 Å². The van der Waals surface area contributed by atoms with Crippen LogP contribution in [0.2, 0.25) is 0 Å². The molecule has 3 rings (SSSR count). The predicted molar refractivity (Wildman–Crippen MR) is 105 cm³/mol. The number of nitrogens with zero attached hydrogens (tertiary/aromatic N) is 2. The number of hydrogen-bond donors (Lipinski definition) is 0. The highest BCUT2D eigenvalue weighted by Crippen LogP contribution is 2.37. The third kappa shape index (κ3) is 4.11. The molecule has 1 amide bonds. The fourth-order valence-corrected chi connectivity index (χ4v) is 4.77. The summed E-state index contributed by atoms with van der Waals surface area (Å²) in [5, 5.41) is 0. The van der Waals surface area contributed by atoms with Crippen LogP contribution in [0.4, 0.5) is 5.69 Å². The zero-order valence-electron chi connectivity index (χ0n) is 15.1.